The summed E-state index contributed by atoms with van der Waals surface area (Å²) in [6.45, 7) is 0. The van der Waals surface area contributed by atoms with Crippen LogP contribution >= 0.6 is 23.2 Å². The van der Waals surface area contributed by atoms with Crippen LogP contribution in [0.3, 0.4) is 0 Å². The average Bonchev–Trinajstić information content (AvgIpc) is 2.88. The number of nitrogens with zero attached hydrogens (tertiary/aromatic N) is 2. The first-order chi connectivity index (χ1) is 9.65. The Morgan fingerprint density at radius 3 is 2.65 bits per heavy atom. The van der Waals surface area contributed by atoms with Gasteiger partial charge in [-0.15, -0.1) is 5.10 Å². The molecule has 1 aromatic carbocycles. The topological polar surface area (TPSA) is 72.5 Å². The Bertz CT molecular complexity index is 670. The van der Waals surface area contributed by atoms with Gasteiger partial charge in [-0.3, -0.25) is 10.4 Å². The molecule has 0 spiro atoms. The molecule has 0 amide bonds. The van der Waals surface area contributed by atoms with Crippen molar-refractivity contribution in [1.29, 1.82) is 0 Å². The number of anilines is 1. The highest BCUT2D eigenvalue weighted by Crippen LogP contribution is 2.33. The SMILES string of the molecule is Nc1ccnc(C2=NNC(c3c(Cl)cccc3Cl)O2)c1. The van der Waals surface area contributed by atoms with Crippen LogP contribution in [-0.4, -0.2) is 10.9 Å². The smallest absolute Gasteiger partial charge is 0.259 e. The third-order valence-electron chi connectivity index (χ3n) is 2.78. The van der Waals surface area contributed by atoms with Crippen molar-refractivity contribution < 1.29 is 4.74 Å². The van der Waals surface area contributed by atoms with Crippen LogP contribution in [0, 0.1) is 0 Å². The number of nitrogen functional groups attached to an aromatic ring is 1. The lowest BCUT2D eigenvalue weighted by molar-refractivity contribution is 0.191. The van der Waals surface area contributed by atoms with Crippen molar-refractivity contribution in [2.45, 2.75) is 6.23 Å². The molecule has 1 atom stereocenters. The van der Waals surface area contributed by atoms with Gasteiger partial charge in [-0.05, 0) is 24.3 Å². The molecule has 1 aliphatic heterocycles. The van der Waals surface area contributed by atoms with Gasteiger partial charge in [0.2, 0.25) is 6.23 Å². The van der Waals surface area contributed by atoms with E-state index in [1.807, 2.05) is 0 Å². The number of hydrogen-bond acceptors (Lipinski definition) is 5. The summed E-state index contributed by atoms with van der Waals surface area (Å²) in [5.41, 5.74) is 10.3. The van der Waals surface area contributed by atoms with Gasteiger partial charge in [-0.1, -0.05) is 29.3 Å². The van der Waals surface area contributed by atoms with Crippen molar-refractivity contribution in [3.8, 4) is 0 Å². The average molecular weight is 309 g/mol. The highest BCUT2D eigenvalue weighted by molar-refractivity contribution is 6.36. The molecule has 0 saturated heterocycles. The fraction of sp³-hybridized carbons (Fsp3) is 0.0769. The normalized spacial score (nSPS) is 17.3. The number of rotatable bonds is 2. The molecule has 1 unspecified atom stereocenters. The van der Waals surface area contributed by atoms with Crippen LogP contribution in [0.1, 0.15) is 17.5 Å². The van der Waals surface area contributed by atoms with Gasteiger partial charge in [0.15, 0.2) is 0 Å². The number of nitrogens with one attached hydrogen (secondary N) is 1. The molecule has 0 fully saturated rings. The molecule has 2 aromatic rings. The lowest BCUT2D eigenvalue weighted by atomic mass is 10.2. The molecule has 3 rings (SSSR count). The summed E-state index contributed by atoms with van der Waals surface area (Å²) >= 11 is 12.3. The van der Waals surface area contributed by atoms with Crippen LogP contribution in [0.25, 0.3) is 0 Å². The molecule has 5 nitrogen and oxygen atoms in total. The van der Waals surface area contributed by atoms with Crippen molar-refractivity contribution in [1.82, 2.24) is 10.4 Å². The lowest BCUT2D eigenvalue weighted by Crippen LogP contribution is -2.14. The summed E-state index contributed by atoms with van der Waals surface area (Å²) in [5, 5.41) is 5.11. The number of hydrazone groups is 1. The van der Waals surface area contributed by atoms with E-state index in [-0.39, 0.29) is 0 Å². The zero-order valence-corrected chi connectivity index (χ0v) is 11.7. The number of nitrogens with two attached hydrogens (primary N) is 1. The molecule has 0 bridgehead atoms. The fourth-order valence-corrected chi connectivity index (χ4v) is 2.44. The summed E-state index contributed by atoms with van der Waals surface area (Å²) in [6.07, 6.45) is 1.04. The van der Waals surface area contributed by atoms with Crippen LogP contribution in [0.4, 0.5) is 5.69 Å². The third-order valence-corrected chi connectivity index (χ3v) is 3.44. The summed E-state index contributed by atoms with van der Waals surface area (Å²) in [5.74, 6) is 0.346. The highest BCUT2D eigenvalue weighted by Gasteiger charge is 2.26. The molecule has 2 heterocycles. The van der Waals surface area contributed by atoms with Gasteiger partial charge in [0.25, 0.3) is 5.90 Å². The van der Waals surface area contributed by atoms with Crippen molar-refractivity contribution in [3.05, 3.63) is 57.8 Å². The molecule has 20 heavy (non-hydrogen) atoms. The molecule has 3 N–H and O–H groups in total. The maximum Gasteiger partial charge on any atom is 0.259 e. The van der Waals surface area contributed by atoms with E-state index in [4.69, 9.17) is 33.7 Å². The van der Waals surface area contributed by atoms with Gasteiger partial charge in [-0.25, -0.2) is 0 Å². The van der Waals surface area contributed by atoms with E-state index in [0.717, 1.165) is 0 Å². The Morgan fingerprint density at radius 1 is 1.20 bits per heavy atom. The Hall–Kier alpha value is -1.98. The molecule has 0 saturated carbocycles. The molecule has 102 valence electrons. The largest absolute Gasteiger partial charge is 0.445 e. The quantitative estimate of drug-likeness (QED) is 0.894. The van der Waals surface area contributed by atoms with E-state index >= 15 is 0 Å². The summed E-state index contributed by atoms with van der Waals surface area (Å²) < 4.78 is 5.70. The zero-order valence-electron chi connectivity index (χ0n) is 10.2. The van der Waals surface area contributed by atoms with Gasteiger partial charge in [-0.2, -0.15) is 0 Å². The first kappa shape index (κ1) is 13.0. The minimum Gasteiger partial charge on any atom is -0.445 e. The summed E-state index contributed by atoms with van der Waals surface area (Å²) in [4.78, 5) is 4.15. The summed E-state index contributed by atoms with van der Waals surface area (Å²) in [6, 6.07) is 8.62. The van der Waals surface area contributed by atoms with E-state index in [1.165, 1.54) is 0 Å². The molecular weight excluding hydrogens is 299 g/mol. The van der Waals surface area contributed by atoms with E-state index in [1.54, 1.807) is 36.5 Å². The minimum absolute atomic E-state index is 0.346. The van der Waals surface area contributed by atoms with Crippen molar-refractivity contribution in [2.75, 3.05) is 5.73 Å². The molecule has 1 aromatic heterocycles. The predicted molar refractivity (Wildman–Crippen MR) is 78.6 cm³/mol. The van der Waals surface area contributed by atoms with Crippen LogP contribution in [-0.2, 0) is 4.74 Å². The van der Waals surface area contributed by atoms with Gasteiger partial charge >= 0.3 is 0 Å². The van der Waals surface area contributed by atoms with E-state index in [2.05, 4.69) is 15.5 Å². The van der Waals surface area contributed by atoms with Gasteiger partial charge in [0.1, 0.15) is 5.69 Å². The number of aromatic nitrogens is 1. The van der Waals surface area contributed by atoms with Gasteiger partial charge in [0.05, 0.1) is 15.6 Å². The zero-order chi connectivity index (χ0) is 14.1. The second-order valence-corrected chi connectivity index (χ2v) is 4.97. The van der Waals surface area contributed by atoms with Gasteiger partial charge < -0.3 is 10.5 Å². The Balaban J connectivity index is 1.86. The number of ether oxygens (including phenoxy) is 1. The second-order valence-electron chi connectivity index (χ2n) is 4.15. The summed E-state index contributed by atoms with van der Waals surface area (Å²) in [7, 11) is 0. The first-order valence-electron chi connectivity index (χ1n) is 5.81. The standard InChI is InChI=1S/C13H10Cl2N4O/c14-8-2-1-3-9(15)11(8)13-19-18-12(20-13)10-6-7(16)4-5-17-10/h1-6,13,19H,(H2,16,17). The fourth-order valence-electron chi connectivity index (χ4n) is 1.85. The monoisotopic (exact) mass is 308 g/mol. The maximum atomic E-state index is 6.14. The highest BCUT2D eigenvalue weighted by atomic mass is 35.5. The van der Waals surface area contributed by atoms with E-state index in [0.29, 0.717) is 32.9 Å². The second kappa shape index (κ2) is 5.19. The lowest BCUT2D eigenvalue weighted by Gasteiger charge is -2.14. The molecule has 0 radical (unpaired) electrons. The molecule has 0 aliphatic carbocycles. The predicted octanol–water partition coefficient (Wildman–Crippen LogP) is 2.95. The van der Waals surface area contributed by atoms with E-state index < -0.39 is 6.23 Å². The van der Waals surface area contributed by atoms with Crippen LogP contribution in [0.15, 0.2) is 41.6 Å². The van der Waals surface area contributed by atoms with Gasteiger partial charge in [0, 0.05) is 11.9 Å². The molecule has 1 aliphatic rings. The number of benzene rings is 1. The number of hydrogen-bond donors (Lipinski definition) is 2. The van der Waals surface area contributed by atoms with Crippen LogP contribution in [0.5, 0.6) is 0 Å². The molecule has 7 heteroatoms. The number of pyridine rings is 1. The maximum absolute atomic E-state index is 6.14. The number of halogens is 2. The molecular formula is C13H10Cl2N4O. The Morgan fingerprint density at radius 2 is 1.95 bits per heavy atom. The van der Waals surface area contributed by atoms with E-state index in [9.17, 15) is 0 Å². The minimum atomic E-state index is -0.547. The van der Waals surface area contributed by atoms with Crippen LogP contribution in [0.2, 0.25) is 10.0 Å². The van der Waals surface area contributed by atoms with Crippen molar-refractivity contribution >= 4 is 34.8 Å². The van der Waals surface area contributed by atoms with Crippen molar-refractivity contribution in [3.63, 3.8) is 0 Å². The Kier molecular flexibility index (Phi) is 3.38. The van der Waals surface area contributed by atoms with Crippen molar-refractivity contribution in [2.24, 2.45) is 5.10 Å². The Labute approximate surface area is 125 Å². The first-order valence-corrected chi connectivity index (χ1v) is 6.56. The third kappa shape index (κ3) is 2.37. The van der Waals surface area contributed by atoms with Crippen LogP contribution < -0.4 is 11.2 Å².